The van der Waals surface area contributed by atoms with E-state index in [9.17, 15) is 15.2 Å². The summed E-state index contributed by atoms with van der Waals surface area (Å²) in [7, 11) is 1.41. The zero-order chi connectivity index (χ0) is 17.0. The average molecular weight is 333 g/mol. The van der Waals surface area contributed by atoms with Crippen LogP contribution in [0.5, 0.6) is 11.5 Å². The first kappa shape index (κ1) is 16.5. The monoisotopic (exact) mass is 333 g/mol. The van der Waals surface area contributed by atoms with Crippen molar-refractivity contribution in [2.24, 2.45) is 0 Å². The Hall–Kier alpha value is -2.87. The van der Waals surface area contributed by atoms with Gasteiger partial charge in [0.05, 0.1) is 29.5 Å². The number of ether oxygens (including phenoxy) is 1. The fraction of sp³-hybridized carbons (Fsp3) is 0.133. The lowest BCUT2D eigenvalue weighted by molar-refractivity contribution is -0.384. The molecule has 7 nitrogen and oxygen atoms in total. The van der Waals surface area contributed by atoms with Gasteiger partial charge in [0.1, 0.15) is 11.5 Å². The maximum Gasteiger partial charge on any atom is 0.273 e. The number of aryl methyl sites for hydroxylation is 1. The summed E-state index contributed by atoms with van der Waals surface area (Å²) in [4.78, 5) is 10.3. The van der Waals surface area contributed by atoms with E-state index in [1.165, 1.54) is 25.3 Å². The number of phenols is 1. The lowest BCUT2D eigenvalue weighted by Gasteiger charge is -2.14. The molecule has 0 bridgehead atoms. The Bertz CT molecular complexity index is 764. The number of rotatable bonds is 4. The number of hydrogen-bond donors (Lipinski definition) is 3. The molecule has 0 aromatic heterocycles. The van der Waals surface area contributed by atoms with E-state index in [0.717, 1.165) is 5.56 Å². The second-order valence-corrected chi connectivity index (χ2v) is 5.15. The van der Waals surface area contributed by atoms with Gasteiger partial charge in [0.25, 0.3) is 5.69 Å². The number of nitro benzene ring substituents is 1. The lowest BCUT2D eigenvalue weighted by Crippen LogP contribution is -2.19. The maximum atomic E-state index is 10.8. The summed E-state index contributed by atoms with van der Waals surface area (Å²) in [6.45, 7) is 1.86. The molecule has 0 aliphatic rings. The van der Waals surface area contributed by atoms with Crippen LogP contribution >= 0.6 is 12.2 Å². The van der Waals surface area contributed by atoms with Crippen LogP contribution < -0.4 is 15.4 Å². The Labute approximate surface area is 138 Å². The summed E-state index contributed by atoms with van der Waals surface area (Å²) >= 11 is 5.18. The molecule has 2 rings (SSSR count). The number of nitrogens with one attached hydrogen (secondary N) is 2. The third-order valence-corrected chi connectivity index (χ3v) is 3.25. The van der Waals surface area contributed by atoms with Gasteiger partial charge in [-0.3, -0.25) is 10.1 Å². The van der Waals surface area contributed by atoms with Gasteiger partial charge in [-0.25, -0.2) is 0 Å². The minimum absolute atomic E-state index is 0.0739. The standard InChI is InChI=1S/C15H15N3O4S/c1-9-3-5-11(13(19)7-9)16-15(23)17-12-6-4-10(18(20)21)8-14(12)22-2/h3-8,19H,1-2H3,(H2,16,17,23). The molecule has 0 atom stereocenters. The van der Waals surface area contributed by atoms with Gasteiger partial charge in [0.2, 0.25) is 0 Å². The van der Waals surface area contributed by atoms with Gasteiger partial charge in [-0.15, -0.1) is 0 Å². The Balaban J connectivity index is 2.15. The molecule has 0 heterocycles. The van der Waals surface area contributed by atoms with Crippen LogP contribution in [0.2, 0.25) is 0 Å². The zero-order valence-electron chi connectivity index (χ0n) is 12.5. The van der Waals surface area contributed by atoms with Crippen LogP contribution in [0.4, 0.5) is 17.1 Å². The minimum atomic E-state index is -0.507. The van der Waals surface area contributed by atoms with Gasteiger partial charge in [-0.05, 0) is 42.9 Å². The third kappa shape index (κ3) is 4.07. The van der Waals surface area contributed by atoms with Crippen LogP contribution in [-0.4, -0.2) is 22.3 Å². The summed E-state index contributed by atoms with van der Waals surface area (Å²) < 4.78 is 5.12. The molecule has 0 aliphatic carbocycles. The normalized spacial score (nSPS) is 10.0. The van der Waals surface area contributed by atoms with Crippen molar-refractivity contribution >= 4 is 34.4 Å². The number of nitro groups is 1. The van der Waals surface area contributed by atoms with Crippen LogP contribution in [0, 0.1) is 17.0 Å². The van der Waals surface area contributed by atoms with Crippen LogP contribution in [0.25, 0.3) is 0 Å². The SMILES string of the molecule is COc1cc([N+](=O)[O-])ccc1NC(=S)Nc1ccc(C)cc1O. The molecule has 0 radical (unpaired) electrons. The highest BCUT2D eigenvalue weighted by Gasteiger charge is 2.12. The van der Waals surface area contributed by atoms with E-state index < -0.39 is 4.92 Å². The second kappa shape index (κ2) is 6.93. The molecule has 0 aliphatic heterocycles. The molecular formula is C15H15N3O4S. The van der Waals surface area contributed by atoms with Gasteiger partial charge in [0, 0.05) is 6.07 Å². The van der Waals surface area contributed by atoms with Gasteiger partial charge >= 0.3 is 0 Å². The van der Waals surface area contributed by atoms with Crippen molar-refractivity contribution in [2.45, 2.75) is 6.92 Å². The van der Waals surface area contributed by atoms with Crippen molar-refractivity contribution in [3.05, 3.63) is 52.1 Å². The maximum absolute atomic E-state index is 10.8. The molecule has 0 saturated heterocycles. The molecule has 3 N–H and O–H groups in total. The first-order valence-electron chi connectivity index (χ1n) is 6.60. The highest BCUT2D eigenvalue weighted by molar-refractivity contribution is 7.80. The van der Waals surface area contributed by atoms with E-state index in [1.807, 2.05) is 13.0 Å². The lowest BCUT2D eigenvalue weighted by atomic mass is 10.2. The Morgan fingerprint density at radius 2 is 1.87 bits per heavy atom. The number of aromatic hydroxyl groups is 1. The van der Waals surface area contributed by atoms with Crippen LogP contribution in [0.1, 0.15) is 5.56 Å². The molecule has 2 aromatic rings. The number of hydrogen-bond acceptors (Lipinski definition) is 5. The number of phenolic OH excluding ortho intramolecular Hbond substituents is 1. The second-order valence-electron chi connectivity index (χ2n) is 4.74. The number of nitrogens with zero attached hydrogens (tertiary/aromatic N) is 1. The smallest absolute Gasteiger partial charge is 0.273 e. The first-order valence-corrected chi connectivity index (χ1v) is 7.01. The van der Waals surface area contributed by atoms with E-state index in [1.54, 1.807) is 12.1 Å². The number of benzene rings is 2. The van der Waals surface area contributed by atoms with Crippen LogP contribution in [0.3, 0.4) is 0 Å². The largest absolute Gasteiger partial charge is 0.506 e. The predicted molar refractivity (Wildman–Crippen MR) is 92.3 cm³/mol. The molecular weight excluding hydrogens is 318 g/mol. The quantitative estimate of drug-likeness (QED) is 0.341. The van der Waals surface area contributed by atoms with Crippen molar-refractivity contribution in [3.63, 3.8) is 0 Å². The highest BCUT2D eigenvalue weighted by atomic mass is 32.1. The van der Waals surface area contributed by atoms with Crippen molar-refractivity contribution in [3.8, 4) is 11.5 Å². The minimum Gasteiger partial charge on any atom is -0.506 e. The molecule has 0 saturated carbocycles. The molecule has 23 heavy (non-hydrogen) atoms. The summed E-state index contributed by atoms with van der Waals surface area (Å²) in [6.07, 6.45) is 0. The molecule has 0 unspecified atom stereocenters. The Morgan fingerprint density at radius 3 is 2.48 bits per heavy atom. The number of non-ortho nitro benzene ring substituents is 1. The van der Waals surface area contributed by atoms with Gasteiger partial charge in [0.15, 0.2) is 5.11 Å². The summed E-state index contributed by atoms with van der Waals surface area (Å²) in [5.41, 5.74) is 1.77. The summed E-state index contributed by atoms with van der Waals surface area (Å²) in [5.74, 6) is 0.362. The topological polar surface area (TPSA) is 96.7 Å². The average Bonchev–Trinajstić information content (AvgIpc) is 2.50. The predicted octanol–water partition coefficient (Wildman–Crippen LogP) is 3.43. The highest BCUT2D eigenvalue weighted by Crippen LogP contribution is 2.29. The fourth-order valence-corrected chi connectivity index (χ4v) is 2.14. The Morgan fingerprint density at radius 1 is 1.22 bits per heavy atom. The first-order chi connectivity index (χ1) is 10.9. The molecule has 8 heteroatoms. The summed E-state index contributed by atoms with van der Waals surface area (Å²) in [5, 5.41) is 26.6. The van der Waals surface area contributed by atoms with Crippen molar-refractivity contribution in [1.82, 2.24) is 0 Å². The molecule has 0 spiro atoms. The van der Waals surface area contributed by atoms with Crippen molar-refractivity contribution in [1.29, 1.82) is 0 Å². The van der Waals surface area contributed by atoms with Crippen LogP contribution in [-0.2, 0) is 0 Å². The van der Waals surface area contributed by atoms with Gasteiger partial charge < -0.3 is 20.5 Å². The number of anilines is 2. The van der Waals surface area contributed by atoms with Crippen molar-refractivity contribution in [2.75, 3.05) is 17.7 Å². The Kier molecular flexibility index (Phi) is 4.97. The van der Waals surface area contributed by atoms with E-state index >= 15 is 0 Å². The van der Waals surface area contributed by atoms with Gasteiger partial charge in [-0.1, -0.05) is 6.07 Å². The molecule has 2 aromatic carbocycles. The molecule has 0 fully saturated rings. The molecule has 120 valence electrons. The number of thiocarbonyl (C=S) groups is 1. The van der Waals surface area contributed by atoms with E-state index in [2.05, 4.69) is 10.6 Å². The van der Waals surface area contributed by atoms with Crippen LogP contribution in [0.15, 0.2) is 36.4 Å². The third-order valence-electron chi connectivity index (χ3n) is 3.05. The van der Waals surface area contributed by atoms with Gasteiger partial charge in [-0.2, -0.15) is 0 Å². The summed E-state index contributed by atoms with van der Waals surface area (Å²) in [6, 6.07) is 9.28. The number of methoxy groups -OCH3 is 1. The fourth-order valence-electron chi connectivity index (χ4n) is 1.92. The van der Waals surface area contributed by atoms with E-state index in [-0.39, 0.29) is 22.3 Å². The van der Waals surface area contributed by atoms with E-state index in [0.29, 0.717) is 11.4 Å². The molecule has 0 amide bonds. The zero-order valence-corrected chi connectivity index (χ0v) is 13.3. The van der Waals surface area contributed by atoms with Crippen molar-refractivity contribution < 1.29 is 14.8 Å². The van der Waals surface area contributed by atoms with E-state index in [4.69, 9.17) is 17.0 Å².